The number of H-pyrrole nitrogens is 1. The Morgan fingerprint density at radius 2 is 2.10 bits per heavy atom. The Hall–Kier alpha value is -0.690. The summed E-state index contributed by atoms with van der Waals surface area (Å²) in [6.07, 6.45) is 2.07. The molecule has 0 radical (unpaired) electrons. The second-order valence-corrected chi connectivity index (χ2v) is 5.86. The van der Waals surface area contributed by atoms with Crippen LogP contribution < -0.4 is 0 Å². The zero-order valence-electron chi connectivity index (χ0n) is 11.5. The number of aromatic amines is 1. The van der Waals surface area contributed by atoms with E-state index in [1.54, 1.807) is 7.11 Å². The molecule has 0 bridgehead atoms. The molecular formula is C14H19BrN2O2S. The Balaban J connectivity index is 1.87. The minimum Gasteiger partial charge on any atom is -0.382 e. The first-order valence-corrected chi connectivity index (χ1v) is 7.87. The number of rotatable bonds is 8. The van der Waals surface area contributed by atoms with Gasteiger partial charge in [-0.1, -0.05) is 15.9 Å². The molecule has 0 saturated heterocycles. The van der Waals surface area contributed by atoms with Crippen LogP contribution in [0.25, 0.3) is 11.0 Å². The highest BCUT2D eigenvalue weighted by molar-refractivity contribution is 9.10. The lowest BCUT2D eigenvalue weighted by atomic mass is 10.3. The average molecular weight is 359 g/mol. The number of nitrogens with one attached hydrogen (secondary N) is 1. The zero-order valence-corrected chi connectivity index (χ0v) is 13.9. The van der Waals surface area contributed by atoms with E-state index in [0.29, 0.717) is 13.2 Å². The number of hydrogen-bond donors (Lipinski definition) is 1. The number of ether oxygens (including phenoxy) is 2. The van der Waals surface area contributed by atoms with E-state index in [9.17, 15) is 0 Å². The van der Waals surface area contributed by atoms with E-state index in [0.717, 1.165) is 46.3 Å². The molecule has 1 N–H and O–H groups in total. The van der Waals surface area contributed by atoms with Crippen molar-refractivity contribution >= 4 is 39.2 Å². The standard InChI is InChI=1S/C14H19BrN2O2S/c1-18-8-9-19-7-3-2-6-17-13-5-4-11(15)10-12(13)16-14(17)20/h4-5,10H,2-3,6-9H2,1H3,(H,16,20). The smallest absolute Gasteiger partial charge is 0.178 e. The first-order chi connectivity index (χ1) is 9.72. The predicted molar refractivity (Wildman–Crippen MR) is 86.8 cm³/mol. The van der Waals surface area contributed by atoms with Gasteiger partial charge in [0.05, 0.1) is 24.2 Å². The summed E-state index contributed by atoms with van der Waals surface area (Å²) in [6, 6.07) is 6.17. The quantitative estimate of drug-likeness (QED) is 0.574. The van der Waals surface area contributed by atoms with Gasteiger partial charge in [0, 0.05) is 24.7 Å². The molecule has 0 aliphatic heterocycles. The van der Waals surface area contributed by atoms with Gasteiger partial charge in [-0.25, -0.2) is 0 Å². The van der Waals surface area contributed by atoms with Crippen LogP contribution in [0.2, 0.25) is 0 Å². The summed E-state index contributed by atoms with van der Waals surface area (Å²) >= 11 is 8.85. The van der Waals surface area contributed by atoms with E-state index in [1.807, 2.05) is 6.07 Å². The molecule has 0 fully saturated rings. The van der Waals surface area contributed by atoms with Crippen molar-refractivity contribution in [2.45, 2.75) is 19.4 Å². The van der Waals surface area contributed by atoms with Gasteiger partial charge in [0.15, 0.2) is 4.77 Å². The fourth-order valence-corrected chi connectivity index (χ4v) is 2.74. The minimum absolute atomic E-state index is 0.655. The lowest BCUT2D eigenvalue weighted by molar-refractivity contribution is 0.0684. The Bertz CT molecular complexity index is 609. The van der Waals surface area contributed by atoms with E-state index in [-0.39, 0.29) is 0 Å². The maximum Gasteiger partial charge on any atom is 0.178 e. The molecule has 20 heavy (non-hydrogen) atoms. The number of benzene rings is 1. The van der Waals surface area contributed by atoms with Crippen molar-refractivity contribution in [3.8, 4) is 0 Å². The lowest BCUT2D eigenvalue weighted by Crippen LogP contribution is -2.04. The van der Waals surface area contributed by atoms with E-state index in [2.05, 4.69) is 37.6 Å². The van der Waals surface area contributed by atoms with Crippen molar-refractivity contribution in [3.05, 3.63) is 27.4 Å². The second kappa shape index (κ2) is 7.93. The number of hydrogen-bond acceptors (Lipinski definition) is 3. The molecule has 110 valence electrons. The molecule has 1 heterocycles. The number of fused-ring (bicyclic) bond motifs is 1. The summed E-state index contributed by atoms with van der Waals surface area (Å²) in [5, 5.41) is 0. The van der Waals surface area contributed by atoms with Crippen molar-refractivity contribution in [2.75, 3.05) is 26.9 Å². The van der Waals surface area contributed by atoms with Crippen molar-refractivity contribution < 1.29 is 9.47 Å². The monoisotopic (exact) mass is 358 g/mol. The Morgan fingerprint density at radius 1 is 1.25 bits per heavy atom. The molecule has 2 aromatic rings. The number of imidazole rings is 1. The normalized spacial score (nSPS) is 11.3. The maximum absolute atomic E-state index is 5.45. The van der Waals surface area contributed by atoms with Crippen molar-refractivity contribution in [1.82, 2.24) is 9.55 Å². The molecule has 0 aliphatic rings. The summed E-state index contributed by atoms with van der Waals surface area (Å²) in [5.41, 5.74) is 2.22. The number of methoxy groups -OCH3 is 1. The summed E-state index contributed by atoms with van der Waals surface area (Å²) in [6.45, 7) is 3.00. The summed E-state index contributed by atoms with van der Waals surface area (Å²) in [4.78, 5) is 3.24. The van der Waals surface area contributed by atoms with Crippen molar-refractivity contribution in [1.29, 1.82) is 0 Å². The summed E-state index contributed by atoms with van der Waals surface area (Å²) in [5.74, 6) is 0. The molecule has 0 atom stereocenters. The van der Waals surface area contributed by atoms with Gasteiger partial charge < -0.3 is 19.0 Å². The Morgan fingerprint density at radius 3 is 2.90 bits per heavy atom. The fraction of sp³-hybridized carbons (Fsp3) is 0.500. The van der Waals surface area contributed by atoms with Crippen LogP contribution in [0.5, 0.6) is 0 Å². The molecule has 2 rings (SSSR count). The molecule has 0 spiro atoms. The van der Waals surface area contributed by atoms with E-state index >= 15 is 0 Å². The van der Waals surface area contributed by atoms with Crippen molar-refractivity contribution in [2.24, 2.45) is 0 Å². The Kier molecular flexibility index (Phi) is 6.22. The third-order valence-corrected chi connectivity index (χ3v) is 3.90. The molecule has 0 unspecified atom stereocenters. The predicted octanol–water partition coefficient (Wildman–Crippen LogP) is 3.90. The third-order valence-electron chi connectivity index (χ3n) is 3.09. The highest BCUT2D eigenvalue weighted by atomic mass is 79.9. The van der Waals surface area contributed by atoms with Crippen LogP contribution in [-0.4, -0.2) is 36.5 Å². The lowest BCUT2D eigenvalue weighted by Gasteiger charge is -2.06. The molecule has 0 aliphatic carbocycles. The van der Waals surface area contributed by atoms with E-state index in [4.69, 9.17) is 21.7 Å². The van der Waals surface area contributed by atoms with Gasteiger partial charge in [-0.05, 0) is 43.3 Å². The number of unbranched alkanes of at least 4 members (excludes halogenated alkanes) is 1. The number of aromatic nitrogens is 2. The second-order valence-electron chi connectivity index (χ2n) is 4.56. The van der Waals surface area contributed by atoms with Crippen LogP contribution in [0, 0.1) is 4.77 Å². The largest absolute Gasteiger partial charge is 0.382 e. The molecule has 0 saturated carbocycles. The highest BCUT2D eigenvalue weighted by Crippen LogP contribution is 2.20. The molecule has 4 nitrogen and oxygen atoms in total. The van der Waals surface area contributed by atoms with E-state index < -0.39 is 0 Å². The van der Waals surface area contributed by atoms with Crippen LogP contribution in [-0.2, 0) is 16.0 Å². The Labute approximate surface area is 132 Å². The first kappa shape index (κ1) is 15.7. The fourth-order valence-electron chi connectivity index (χ4n) is 2.08. The van der Waals surface area contributed by atoms with Gasteiger partial charge in [0.2, 0.25) is 0 Å². The van der Waals surface area contributed by atoms with Crippen LogP contribution >= 0.6 is 28.1 Å². The molecule has 1 aromatic carbocycles. The van der Waals surface area contributed by atoms with Gasteiger partial charge in [0.25, 0.3) is 0 Å². The van der Waals surface area contributed by atoms with Crippen molar-refractivity contribution in [3.63, 3.8) is 0 Å². The van der Waals surface area contributed by atoms with Crippen LogP contribution in [0.1, 0.15) is 12.8 Å². The zero-order chi connectivity index (χ0) is 14.4. The maximum atomic E-state index is 5.45. The molecular weight excluding hydrogens is 340 g/mol. The van der Waals surface area contributed by atoms with Gasteiger partial charge in [-0.15, -0.1) is 0 Å². The average Bonchev–Trinajstić information content (AvgIpc) is 2.73. The van der Waals surface area contributed by atoms with Gasteiger partial charge in [-0.2, -0.15) is 0 Å². The topological polar surface area (TPSA) is 39.2 Å². The van der Waals surface area contributed by atoms with E-state index in [1.165, 1.54) is 0 Å². The van der Waals surface area contributed by atoms with Crippen LogP contribution in [0.4, 0.5) is 0 Å². The highest BCUT2D eigenvalue weighted by Gasteiger charge is 2.04. The van der Waals surface area contributed by atoms with Crippen LogP contribution in [0.15, 0.2) is 22.7 Å². The first-order valence-electron chi connectivity index (χ1n) is 6.67. The molecule has 1 aromatic heterocycles. The van der Waals surface area contributed by atoms with Gasteiger partial charge in [-0.3, -0.25) is 0 Å². The van der Waals surface area contributed by atoms with Gasteiger partial charge >= 0.3 is 0 Å². The minimum atomic E-state index is 0.655. The number of nitrogens with zero attached hydrogens (tertiary/aromatic N) is 1. The van der Waals surface area contributed by atoms with Crippen LogP contribution in [0.3, 0.4) is 0 Å². The molecule has 0 amide bonds. The number of aryl methyl sites for hydroxylation is 1. The number of halogens is 1. The third kappa shape index (κ3) is 4.15. The molecule has 6 heteroatoms. The summed E-state index contributed by atoms with van der Waals surface area (Å²) < 4.78 is 14.4. The SMILES string of the molecule is COCCOCCCCn1c(=S)[nH]c2cc(Br)ccc21. The van der Waals surface area contributed by atoms with Gasteiger partial charge in [0.1, 0.15) is 0 Å². The summed E-state index contributed by atoms with van der Waals surface area (Å²) in [7, 11) is 1.68.